The number of hydrogen-bond donors (Lipinski definition) is 1. The molecule has 0 bridgehead atoms. The van der Waals surface area contributed by atoms with Crippen LogP contribution in [0.15, 0.2) is 78.0 Å². The molecule has 0 radical (unpaired) electrons. The van der Waals surface area contributed by atoms with Crippen LogP contribution in [0.1, 0.15) is 23.5 Å². The molecule has 1 atom stereocenters. The summed E-state index contributed by atoms with van der Waals surface area (Å²) in [4.78, 5) is 4.39. The van der Waals surface area contributed by atoms with E-state index in [-0.39, 0.29) is 24.2 Å². The molecule has 6 nitrogen and oxygen atoms in total. The minimum atomic E-state index is -3.61. The molecular formula is C22H23ClN2O4S. The van der Waals surface area contributed by atoms with Crippen molar-refractivity contribution in [3.05, 3.63) is 89.2 Å². The van der Waals surface area contributed by atoms with Gasteiger partial charge in [0.2, 0.25) is 10.0 Å². The number of methoxy groups -OCH3 is 1. The molecule has 2 aromatic carbocycles. The third kappa shape index (κ3) is 6.03. The summed E-state index contributed by atoms with van der Waals surface area (Å²) < 4.78 is 38.1. The highest BCUT2D eigenvalue weighted by atomic mass is 35.5. The highest BCUT2D eigenvalue weighted by Crippen LogP contribution is 2.29. The fraction of sp³-hybridized carbons (Fsp3) is 0.227. The highest BCUT2D eigenvalue weighted by Gasteiger charge is 2.18. The fourth-order valence-electron chi connectivity index (χ4n) is 3.07. The second kappa shape index (κ2) is 10.5. The van der Waals surface area contributed by atoms with Crippen LogP contribution in [0.25, 0.3) is 0 Å². The molecule has 0 spiro atoms. The third-order valence-electron chi connectivity index (χ3n) is 4.56. The summed E-state index contributed by atoms with van der Waals surface area (Å²) in [6.07, 6.45) is 4.08. The first-order chi connectivity index (χ1) is 14.5. The zero-order chi connectivity index (χ0) is 21.4. The van der Waals surface area contributed by atoms with Crippen molar-refractivity contribution in [2.75, 3.05) is 20.4 Å². The maximum atomic E-state index is 12.5. The van der Waals surface area contributed by atoms with Gasteiger partial charge in [0, 0.05) is 37.0 Å². The Hall–Kier alpha value is -2.45. The Kier molecular flexibility index (Phi) is 7.81. The van der Waals surface area contributed by atoms with Gasteiger partial charge in [-0.25, -0.2) is 13.1 Å². The Bertz CT molecular complexity index is 1030. The SMILES string of the molecule is COCOc1ccc(C(CCNS(=O)(=O)c2ccc(Cl)cc2)c2cccnc2)cc1. The Labute approximate surface area is 181 Å². The maximum absolute atomic E-state index is 12.5. The molecule has 1 unspecified atom stereocenters. The van der Waals surface area contributed by atoms with E-state index in [2.05, 4.69) is 9.71 Å². The summed E-state index contributed by atoms with van der Waals surface area (Å²) in [7, 11) is -2.04. The molecule has 8 heteroatoms. The minimum Gasteiger partial charge on any atom is -0.468 e. The van der Waals surface area contributed by atoms with Gasteiger partial charge in [-0.1, -0.05) is 29.8 Å². The highest BCUT2D eigenvalue weighted by molar-refractivity contribution is 7.89. The van der Waals surface area contributed by atoms with Crippen molar-refractivity contribution in [2.24, 2.45) is 0 Å². The number of halogens is 1. The minimum absolute atomic E-state index is 0.0249. The number of rotatable bonds is 10. The van der Waals surface area contributed by atoms with E-state index in [4.69, 9.17) is 21.1 Å². The number of nitrogens with one attached hydrogen (secondary N) is 1. The van der Waals surface area contributed by atoms with Gasteiger partial charge in [-0.05, 0) is 60.0 Å². The van der Waals surface area contributed by atoms with Crippen molar-refractivity contribution in [1.82, 2.24) is 9.71 Å². The molecule has 0 fully saturated rings. The summed E-state index contributed by atoms with van der Waals surface area (Å²) in [5, 5.41) is 0.489. The van der Waals surface area contributed by atoms with Gasteiger partial charge in [-0.3, -0.25) is 4.98 Å². The van der Waals surface area contributed by atoms with Gasteiger partial charge in [0.25, 0.3) is 0 Å². The quantitative estimate of drug-likeness (QED) is 0.472. The van der Waals surface area contributed by atoms with Crippen LogP contribution in [-0.4, -0.2) is 33.8 Å². The zero-order valence-electron chi connectivity index (χ0n) is 16.5. The zero-order valence-corrected chi connectivity index (χ0v) is 18.1. The number of pyridine rings is 1. The maximum Gasteiger partial charge on any atom is 0.240 e. The third-order valence-corrected chi connectivity index (χ3v) is 6.29. The monoisotopic (exact) mass is 446 g/mol. The number of ether oxygens (including phenoxy) is 2. The summed E-state index contributed by atoms with van der Waals surface area (Å²) in [6, 6.07) is 17.6. The fourth-order valence-corrected chi connectivity index (χ4v) is 4.24. The van der Waals surface area contributed by atoms with Crippen LogP contribution in [0.5, 0.6) is 5.75 Å². The van der Waals surface area contributed by atoms with E-state index in [1.165, 1.54) is 12.1 Å². The topological polar surface area (TPSA) is 77.5 Å². The Balaban J connectivity index is 1.73. The normalized spacial score (nSPS) is 12.5. The predicted molar refractivity (Wildman–Crippen MR) is 116 cm³/mol. The molecule has 30 heavy (non-hydrogen) atoms. The van der Waals surface area contributed by atoms with Gasteiger partial charge >= 0.3 is 0 Å². The lowest BCUT2D eigenvalue weighted by Gasteiger charge is -2.18. The standard InChI is InChI=1S/C22H23ClN2O4S/c1-28-16-29-20-8-4-17(5-9-20)22(18-3-2-13-24-15-18)12-14-25-30(26,27)21-10-6-19(23)7-11-21/h2-11,13,15,22,25H,12,14,16H2,1H3. The van der Waals surface area contributed by atoms with Crippen LogP contribution in [0.4, 0.5) is 0 Å². The van der Waals surface area contributed by atoms with E-state index in [9.17, 15) is 8.42 Å². The summed E-state index contributed by atoms with van der Waals surface area (Å²) >= 11 is 5.85. The van der Waals surface area contributed by atoms with Crippen LogP contribution in [0.3, 0.4) is 0 Å². The van der Waals surface area contributed by atoms with E-state index in [0.717, 1.165) is 11.1 Å². The molecule has 3 aromatic rings. The number of sulfonamides is 1. The average molecular weight is 447 g/mol. The average Bonchev–Trinajstić information content (AvgIpc) is 2.77. The summed E-state index contributed by atoms with van der Waals surface area (Å²) in [5.41, 5.74) is 2.05. The van der Waals surface area contributed by atoms with Crippen LogP contribution >= 0.6 is 11.6 Å². The molecule has 0 saturated heterocycles. The first-order valence-corrected chi connectivity index (χ1v) is 11.2. The first-order valence-electron chi connectivity index (χ1n) is 9.36. The molecular weight excluding hydrogens is 424 g/mol. The largest absolute Gasteiger partial charge is 0.468 e. The number of hydrogen-bond acceptors (Lipinski definition) is 5. The lowest BCUT2D eigenvalue weighted by molar-refractivity contribution is 0.0511. The number of nitrogens with zero attached hydrogens (tertiary/aromatic N) is 1. The molecule has 0 aliphatic heterocycles. The van der Waals surface area contributed by atoms with Crippen molar-refractivity contribution in [3.8, 4) is 5.75 Å². The molecule has 0 aliphatic carbocycles. The van der Waals surface area contributed by atoms with E-state index in [0.29, 0.717) is 17.2 Å². The molecule has 1 aromatic heterocycles. The second-order valence-electron chi connectivity index (χ2n) is 6.60. The van der Waals surface area contributed by atoms with Crippen LogP contribution in [-0.2, 0) is 14.8 Å². The number of aromatic nitrogens is 1. The van der Waals surface area contributed by atoms with Gasteiger partial charge < -0.3 is 9.47 Å². The van der Waals surface area contributed by atoms with Crippen molar-refractivity contribution in [2.45, 2.75) is 17.2 Å². The van der Waals surface area contributed by atoms with Gasteiger partial charge in [0.1, 0.15) is 5.75 Å². The molecule has 0 amide bonds. The van der Waals surface area contributed by atoms with Crippen molar-refractivity contribution in [3.63, 3.8) is 0 Å². The predicted octanol–water partition coefficient (Wildman–Crippen LogP) is 4.22. The van der Waals surface area contributed by atoms with E-state index in [1.807, 2.05) is 36.4 Å². The van der Waals surface area contributed by atoms with Gasteiger partial charge in [0.15, 0.2) is 6.79 Å². The van der Waals surface area contributed by atoms with Gasteiger partial charge in [-0.2, -0.15) is 0 Å². The molecule has 1 N–H and O–H groups in total. The molecule has 1 heterocycles. The van der Waals surface area contributed by atoms with Crippen molar-refractivity contribution >= 4 is 21.6 Å². The lowest BCUT2D eigenvalue weighted by atomic mass is 9.89. The number of benzene rings is 2. The molecule has 0 saturated carbocycles. The smallest absolute Gasteiger partial charge is 0.240 e. The Morgan fingerprint density at radius 3 is 2.40 bits per heavy atom. The van der Waals surface area contributed by atoms with E-state index >= 15 is 0 Å². The molecule has 158 valence electrons. The van der Waals surface area contributed by atoms with Gasteiger partial charge in [-0.15, -0.1) is 0 Å². The van der Waals surface area contributed by atoms with Crippen LogP contribution in [0, 0.1) is 0 Å². The van der Waals surface area contributed by atoms with Crippen molar-refractivity contribution < 1.29 is 17.9 Å². The first kappa shape index (κ1) is 22.2. The van der Waals surface area contributed by atoms with Crippen LogP contribution < -0.4 is 9.46 Å². The summed E-state index contributed by atoms with van der Waals surface area (Å²) in [5.74, 6) is 0.678. The van der Waals surface area contributed by atoms with E-state index < -0.39 is 10.0 Å². The van der Waals surface area contributed by atoms with Crippen LogP contribution in [0.2, 0.25) is 5.02 Å². The summed E-state index contributed by atoms with van der Waals surface area (Å²) in [6.45, 7) is 0.449. The van der Waals surface area contributed by atoms with E-state index in [1.54, 1.807) is 31.6 Å². The second-order valence-corrected chi connectivity index (χ2v) is 8.80. The lowest BCUT2D eigenvalue weighted by Crippen LogP contribution is -2.26. The van der Waals surface area contributed by atoms with Crippen molar-refractivity contribution in [1.29, 1.82) is 0 Å². The van der Waals surface area contributed by atoms with Gasteiger partial charge in [0.05, 0.1) is 4.90 Å². The molecule has 3 rings (SSSR count). The molecule has 0 aliphatic rings. The Morgan fingerprint density at radius 2 is 1.77 bits per heavy atom. The Morgan fingerprint density at radius 1 is 1.03 bits per heavy atom.